The highest BCUT2D eigenvalue weighted by Gasteiger charge is 2.23. The minimum absolute atomic E-state index is 0.0475. The van der Waals surface area contributed by atoms with E-state index < -0.39 is 53.0 Å². The summed E-state index contributed by atoms with van der Waals surface area (Å²) in [6, 6.07) is 14.4. The molecule has 346 valence electrons. The number of methoxy groups -OCH3 is 2. The van der Waals surface area contributed by atoms with Gasteiger partial charge in [-0.05, 0) is 107 Å². The van der Waals surface area contributed by atoms with Crippen LogP contribution in [0.2, 0.25) is 0 Å². The minimum atomic E-state index is -1.15. The van der Waals surface area contributed by atoms with Crippen LogP contribution in [0.15, 0.2) is 59.1 Å². The Hall–Kier alpha value is -6.66. The highest BCUT2D eigenvalue weighted by Crippen LogP contribution is 2.25. The van der Waals surface area contributed by atoms with Crippen LogP contribution in [0.25, 0.3) is 9.69 Å². The number of ether oxygens (including phenoxy) is 5. The summed E-state index contributed by atoms with van der Waals surface area (Å²) in [6.45, 7) is 31.2. The summed E-state index contributed by atoms with van der Waals surface area (Å²) in [5.41, 5.74) is 1.45. The molecule has 0 spiro atoms. The van der Waals surface area contributed by atoms with Gasteiger partial charge >= 0.3 is 36.2 Å². The van der Waals surface area contributed by atoms with Crippen LogP contribution < -0.4 is 0 Å². The monoisotopic (exact) mass is 951 g/mol. The zero-order valence-electron chi connectivity index (χ0n) is 38.9. The van der Waals surface area contributed by atoms with Gasteiger partial charge < -0.3 is 43.5 Å². The van der Waals surface area contributed by atoms with Crippen LogP contribution in [-0.2, 0) is 43.3 Å². The van der Waals surface area contributed by atoms with Gasteiger partial charge in [0, 0.05) is 45.3 Å². The SMILES string of the molecule is COC(=O)c1ccc(CN(C)C(=O)OC(C)(C)C)cc1Br.[C-]#[N+]c1cc(CN(C)C(=O)OC(C)(C)C)ccc1C(=O)O.[C-]#[N+]c1cc(CN(C)C(=O)OC(C)(C)C)ccc1C(=O)OC. The summed E-state index contributed by atoms with van der Waals surface area (Å²) in [5, 5.41) is 8.96. The highest BCUT2D eigenvalue weighted by molar-refractivity contribution is 9.10. The third kappa shape index (κ3) is 19.6. The van der Waals surface area contributed by atoms with Crippen LogP contribution in [0, 0.1) is 13.1 Å². The Morgan fingerprint density at radius 1 is 0.547 bits per heavy atom. The lowest BCUT2D eigenvalue weighted by molar-refractivity contribution is 0.0275. The lowest BCUT2D eigenvalue weighted by Gasteiger charge is -2.24. The second-order valence-electron chi connectivity index (χ2n) is 17.0. The molecule has 0 atom stereocenters. The van der Waals surface area contributed by atoms with Crippen LogP contribution in [0.3, 0.4) is 0 Å². The van der Waals surface area contributed by atoms with E-state index >= 15 is 0 Å². The summed E-state index contributed by atoms with van der Waals surface area (Å²) >= 11 is 3.33. The quantitative estimate of drug-likeness (QED) is 0.122. The van der Waals surface area contributed by atoms with Crippen LogP contribution in [0.1, 0.15) is 110 Å². The molecule has 3 amide bonds. The Balaban J connectivity index is 0.000000480. The number of carboxylic acids is 1. The van der Waals surface area contributed by atoms with Gasteiger partial charge in [0.05, 0.1) is 44.1 Å². The summed E-state index contributed by atoms with van der Waals surface area (Å²) in [6.07, 6.45) is -1.32. The van der Waals surface area contributed by atoms with Crippen molar-refractivity contribution < 1.29 is 57.6 Å². The summed E-state index contributed by atoms with van der Waals surface area (Å²) in [7, 11) is 7.45. The number of rotatable bonds is 9. The number of halogens is 1. The molecule has 0 radical (unpaired) electrons. The number of carbonyl (C=O) groups excluding carboxylic acids is 5. The first-order chi connectivity index (χ1) is 29.4. The Kier molecular flexibility index (Phi) is 21.0. The molecule has 0 aliphatic heterocycles. The molecular formula is C46H58BrN5O12. The first-order valence-electron chi connectivity index (χ1n) is 19.5. The summed E-state index contributed by atoms with van der Waals surface area (Å²) in [5.74, 6) is -2.11. The molecular weight excluding hydrogens is 894 g/mol. The number of nitrogens with zero attached hydrogens (tertiary/aromatic N) is 5. The van der Waals surface area contributed by atoms with Gasteiger partial charge in [-0.1, -0.05) is 42.5 Å². The fourth-order valence-electron chi connectivity index (χ4n) is 4.97. The Morgan fingerprint density at radius 3 is 1.14 bits per heavy atom. The van der Waals surface area contributed by atoms with Crippen molar-refractivity contribution in [3.63, 3.8) is 0 Å². The van der Waals surface area contributed by atoms with Crippen LogP contribution >= 0.6 is 15.9 Å². The Bertz CT molecular complexity index is 2240. The van der Waals surface area contributed by atoms with E-state index in [-0.39, 0.29) is 35.6 Å². The number of aromatic carboxylic acids is 1. The topological polar surface area (TPSA) is 187 Å². The molecule has 3 aromatic carbocycles. The van der Waals surface area contributed by atoms with Crippen LogP contribution in [0.4, 0.5) is 25.8 Å². The molecule has 0 aliphatic rings. The molecule has 0 bridgehead atoms. The molecule has 64 heavy (non-hydrogen) atoms. The smallest absolute Gasteiger partial charge is 0.410 e. The molecule has 1 N–H and O–H groups in total. The fourth-order valence-corrected chi connectivity index (χ4v) is 5.55. The van der Waals surface area contributed by atoms with Crippen molar-refractivity contribution in [3.05, 3.63) is 115 Å². The predicted octanol–water partition coefficient (Wildman–Crippen LogP) is 10.3. The van der Waals surface area contributed by atoms with Gasteiger partial charge in [0.2, 0.25) is 11.4 Å². The van der Waals surface area contributed by atoms with E-state index in [1.807, 2.05) is 20.8 Å². The zero-order valence-corrected chi connectivity index (χ0v) is 40.5. The van der Waals surface area contributed by atoms with Gasteiger partial charge in [0.15, 0.2) is 0 Å². The number of hydrogen-bond acceptors (Lipinski definition) is 11. The normalized spacial score (nSPS) is 10.7. The van der Waals surface area contributed by atoms with E-state index in [2.05, 4.69) is 35.1 Å². The lowest BCUT2D eigenvalue weighted by Crippen LogP contribution is -2.33. The number of amides is 3. The molecule has 0 aromatic heterocycles. The second kappa shape index (κ2) is 24.3. The molecule has 0 saturated carbocycles. The van der Waals surface area contributed by atoms with E-state index in [1.165, 1.54) is 47.1 Å². The molecule has 0 fully saturated rings. The zero-order chi connectivity index (χ0) is 49.3. The van der Waals surface area contributed by atoms with E-state index in [9.17, 15) is 28.8 Å². The number of hydrogen-bond donors (Lipinski definition) is 1. The third-order valence-electron chi connectivity index (χ3n) is 7.81. The predicted molar refractivity (Wildman–Crippen MR) is 242 cm³/mol. The summed E-state index contributed by atoms with van der Waals surface area (Å²) in [4.78, 5) is 80.4. The minimum Gasteiger partial charge on any atom is -0.479 e. The van der Waals surface area contributed by atoms with Crippen molar-refractivity contribution in [3.8, 4) is 0 Å². The number of benzene rings is 3. The molecule has 17 nitrogen and oxygen atoms in total. The number of carbonyl (C=O) groups is 6. The van der Waals surface area contributed by atoms with Crippen molar-refractivity contribution in [1.29, 1.82) is 0 Å². The van der Waals surface area contributed by atoms with E-state index in [0.717, 1.165) is 11.1 Å². The van der Waals surface area contributed by atoms with E-state index in [1.54, 1.807) is 99.1 Å². The maximum atomic E-state index is 11.9. The molecule has 0 heterocycles. The maximum Gasteiger partial charge on any atom is 0.410 e. The van der Waals surface area contributed by atoms with Gasteiger partial charge in [-0.3, -0.25) is 0 Å². The third-order valence-corrected chi connectivity index (χ3v) is 8.47. The maximum absolute atomic E-state index is 11.9. The molecule has 0 saturated heterocycles. The lowest BCUT2D eigenvalue weighted by atomic mass is 10.1. The number of esters is 2. The number of carboxylic acid groups (broad SMARTS) is 1. The first-order valence-corrected chi connectivity index (χ1v) is 20.3. The Morgan fingerprint density at radius 2 is 0.844 bits per heavy atom. The first kappa shape index (κ1) is 55.4. The molecule has 0 unspecified atom stereocenters. The van der Waals surface area contributed by atoms with Crippen molar-refractivity contribution in [2.45, 2.75) is 98.8 Å². The van der Waals surface area contributed by atoms with Crippen LogP contribution in [0.5, 0.6) is 0 Å². The van der Waals surface area contributed by atoms with E-state index in [0.29, 0.717) is 22.1 Å². The van der Waals surface area contributed by atoms with Gasteiger partial charge in [0.25, 0.3) is 0 Å². The van der Waals surface area contributed by atoms with E-state index in [4.69, 9.17) is 32.5 Å². The average molecular weight is 953 g/mol. The largest absolute Gasteiger partial charge is 0.479 e. The molecule has 3 aromatic rings. The average Bonchev–Trinajstić information content (AvgIpc) is 3.18. The van der Waals surface area contributed by atoms with Gasteiger partial charge in [-0.2, -0.15) is 0 Å². The van der Waals surface area contributed by atoms with Gasteiger partial charge in [0.1, 0.15) is 16.8 Å². The summed E-state index contributed by atoms with van der Waals surface area (Å²) < 4.78 is 25.7. The Labute approximate surface area is 383 Å². The fraction of sp³-hybridized carbons (Fsp3) is 0.435. The second-order valence-corrected chi connectivity index (χ2v) is 17.9. The van der Waals surface area contributed by atoms with Gasteiger partial charge in [-0.15, -0.1) is 0 Å². The van der Waals surface area contributed by atoms with Crippen molar-refractivity contribution in [2.24, 2.45) is 0 Å². The molecule has 3 rings (SSSR count). The van der Waals surface area contributed by atoms with Crippen molar-refractivity contribution in [1.82, 2.24) is 14.7 Å². The molecule has 18 heteroatoms. The van der Waals surface area contributed by atoms with Crippen LogP contribution in [-0.4, -0.2) is 108 Å². The molecule has 0 aliphatic carbocycles. The standard InChI is InChI=1S/C16H20N2O4.C15H20BrNO4.C15H18N2O4/c1-16(2,3)22-15(20)18(5)10-11-7-8-12(14(19)21-6)13(9-11)17-4;1-15(2,3)21-14(19)17(4)9-10-6-7-11(12(16)8-10)13(18)20-5;1-15(2,3)21-14(20)17(5)9-10-6-7-11(13(18)19)12(8-10)16-4/h7-9H,10H2,1-3,5-6H3;6-8H,9H2,1-5H3;6-8H,9H2,1-3,5H3,(H,18,19). The van der Waals surface area contributed by atoms with Crippen molar-refractivity contribution in [2.75, 3.05) is 35.4 Å². The van der Waals surface area contributed by atoms with Crippen molar-refractivity contribution >= 4 is 63.5 Å². The highest BCUT2D eigenvalue weighted by atomic mass is 79.9. The van der Waals surface area contributed by atoms with Gasteiger partial charge in [-0.25, -0.2) is 38.5 Å².